The molecule has 0 aromatic heterocycles. The molecular formula is C13H17NO. The number of anilines is 1. The molecule has 1 aromatic rings. The fourth-order valence-electron chi connectivity index (χ4n) is 2.45. The Bertz CT molecular complexity index is 396. The van der Waals surface area contributed by atoms with Crippen LogP contribution in [0, 0.1) is 0 Å². The number of carbonyl (C=O) groups excluding carboxylic acids is 1. The summed E-state index contributed by atoms with van der Waals surface area (Å²) >= 11 is 0. The summed E-state index contributed by atoms with van der Waals surface area (Å²) in [7, 11) is 0. The van der Waals surface area contributed by atoms with E-state index in [1.165, 1.54) is 5.56 Å². The summed E-state index contributed by atoms with van der Waals surface area (Å²) in [6.07, 6.45) is 3.05. The maximum absolute atomic E-state index is 11.0. The van der Waals surface area contributed by atoms with Gasteiger partial charge in [-0.2, -0.15) is 0 Å². The minimum Gasteiger partial charge on any atom is -0.399 e. The molecule has 0 amide bonds. The average molecular weight is 203 g/mol. The summed E-state index contributed by atoms with van der Waals surface area (Å²) in [6, 6.07) is 5.95. The van der Waals surface area contributed by atoms with Gasteiger partial charge in [0.2, 0.25) is 0 Å². The molecule has 1 unspecified atom stereocenters. The van der Waals surface area contributed by atoms with E-state index in [1.807, 2.05) is 12.1 Å². The lowest BCUT2D eigenvalue weighted by Gasteiger charge is -2.35. The van der Waals surface area contributed by atoms with Gasteiger partial charge in [0, 0.05) is 11.6 Å². The number of benzene rings is 1. The van der Waals surface area contributed by atoms with Crippen LogP contribution in [-0.2, 0) is 10.2 Å². The fourth-order valence-corrected chi connectivity index (χ4v) is 2.45. The van der Waals surface area contributed by atoms with Gasteiger partial charge in [0.05, 0.1) is 0 Å². The largest absolute Gasteiger partial charge is 0.399 e. The Morgan fingerprint density at radius 3 is 2.87 bits per heavy atom. The predicted molar refractivity (Wildman–Crippen MR) is 61.9 cm³/mol. The maximum atomic E-state index is 11.0. The van der Waals surface area contributed by atoms with Crippen molar-refractivity contribution in [3.8, 4) is 0 Å². The van der Waals surface area contributed by atoms with Gasteiger partial charge in [0.25, 0.3) is 0 Å². The number of nitrogen functional groups attached to an aromatic ring is 1. The zero-order valence-corrected chi connectivity index (χ0v) is 9.29. The van der Waals surface area contributed by atoms with E-state index in [-0.39, 0.29) is 11.3 Å². The minimum absolute atomic E-state index is 0.0384. The second kappa shape index (κ2) is 3.37. The molecule has 2 rings (SSSR count). The highest BCUT2D eigenvalue weighted by Crippen LogP contribution is 2.42. The number of aldehydes is 1. The third-order valence-corrected chi connectivity index (χ3v) is 3.45. The second-order valence-corrected chi connectivity index (χ2v) is 5.01. The quantitative estimate of drug-likeness (QED) is 0.563. The van der Waals surface area contributed by atoms with Gasteiger partial charge >= 0.3 is 0 Å². The monoisotopic (exact) mass is 203 g/mol. The summed E-state index contributed by atoms with van der Waals surface area (Å²) in [4.78, 5) is 11.0. The van der Waals surface area contributed by atoms with Crippen molar-refractivity contribution < 1.29 is 4.79 Å². The zero-order chi connectivity index (χ0) is 11.1. The average Bonchev–Trinajstić information content (AvgIpc) is 2.17. The van der Waals surface area contributed by atoms with Gasteiger partial charge in [-0.3, -0.25) is 0 Å². The van der Waals surface area contributed by atoms with Gasteiger partial charge < -0.3 is 10.5 Å². The topological polar surface area (TPSA) is 43.1 Å². The molecule has 0 aliphatic heterocycles. The number of rotatable bonds is 1. The van der Waals surface area contributed by atoms with E-state index in [0.29, 0.717) is 0 Å². The van der Waals surface area contributed by atoms with Crippen molar-refractivity contribution in [3.63, 3.8) is 0 Å². The summed E-state index contributed by atoms with van der Waals surface area (Å²) < 4.78 is 0. The predicted octanol–water partition coefficient (Wildman–Crippen LogP) is 2.62. The Morgan fingerprint density at radius 2 is 2.20 bits per heavy atom. The van der Waals surface area contributed by atoms with Crippen LogP contribution in [0.25, 0.3) is 0 Å². The van der Waals surface area contributed by atoms with Crippen LogP contribution in [0.2, 0.25) is 0 Å². The molecule has 1 aromatic carbocycles. The van der Waals surface area contributed by atoms with Crippen LogP contribution in [0.3, 0.4) is 0 Å². The highest BCUT2D eigenvalue weighted by Gasteiger charge is 2.32. The van der Waals surface area contributed by atoms with Crippen molar-refractivity contribution in [2.75, 3.05) is 5.73 Å². The lowest BCUT2D eigenvalue weighted by Crippen LogP contribution is -2.26. The Labute approximate surface area is 90.5 Å². The summed E-state index contributed by atoms with van der Waals surface area (Å²) in [5.41, 5.74) is 9.09. The van der Waals surface area contributed by atoms with E-state index in [0.717, 1.165) is 30.4 Å². The Hall–Kier alpha value is -1.31. The molecule has 0 spiro atoms. The first kappa shape index (κ1) is 10.2. The molecule has 2 nitrogen and oxygen atoms in total. The Kier molecular flexibility index (Phi) is 2.29. The van der Waals surface area contributed by atoms with Crippen LogP contribution in [0.5, 0.6) is 0 Å². The zero-order valence-electron chi connectivity index (χ0n) is 9.29. The molecule has 1 aliphatic carbocycles. The lowest BCUT2D eigenvalue weighted by atomic mass is 9.69. The highest BCUT2D eigenvalue weighted by atomic mass is 16.1. The SMILES string of the molecule is CC1(C)CCC(C=O)c2cc(N)ccc21. The van der Waals surface area contributed by atoms with Gasteiger partial charge in [0.15, 0.2) is 0 Å². The Morgan fingerprint density at radius 1 is 1.47 bits per heavy atom. The van der Waals surface area contributed by atoms with E-state index in [9.17, 15) is 4.79 Å². The van der Waals surface area contributed by atoms with Gasteiger partial charge in [-0.1, -0.05) is 19.9 Å². The van der Waals surface area contributed by atoms with E-state index >= 15 is 0 Å². The molecule has 15 heavy (non-hydrogen) atoms. The van der Waals surface area contributed by atoms with Crippen molar-refractivity contribution in [1.82, 2.24) is 0 Å². The van der Waals surface area contributed by atoms with Crippen molar-refractivity contribution >= 4 is 12.0 Å². The molecule has 0 radical (unpaired) electrons. The maximum Gasteiger partial charge on any atom is 0.127 e. The van der Waals surface area contributed by atoms with Crippen LogP contribution in [0.15, 0.2) is 18.2 Å². The number of nitrogens with two attached hydrogens (primary N) is 1. The van der Waals surface area contributed by atoms with Crippen molar-refractivity contribution in [2.24, 2.45) is 0 Å². The molecular weight excluding hydrogens is 186 g/mol. The first-order chi connectivity index (χ1) is 7.04. The molecule has 2 N–H and O–H groups in total. The van der Waals surface area contributed by atoms with Gasteiger partial charge in [0.1, 0.15) is 6.29 Å². The first-order valence-corrected chi connectivity index (χ1v) is 5.40. The molecule has 0 fully saturated rings. The summed E-state index contributed by atoms with van der Waals surface area (Å²) in [5.74, 6) is 0.0384. The van der Waals surface area contributed by atoms with E-state index in [2.05, 4.69) is 19.9 Å². The second-order valence-electron chi connectivity index (χ2n) is 5.01. The third kappa shape index (κ3) is 1.65. The number of carbonyl (C=O) groups is 1. The smallest absolute Gasteiger partial charge is 0.127 e. The van der Waals surface area contributed by atoms with Crippen molar-refractivity contribution in [3.05, 3.63) is 29.3 Å². The van der Waals surface area contributed by atoms with Crippen molar-refractivity contribution in [1.29, 1.82) is 0 Å². The van der Waals surface area contributed by atoms with Gasteiger partial charge in [-0.15, -0.1) is 0 Å². The van der Waals surface area contributed by atoms with Crippen LogP contribution >= 0.6 is 0 Å². The van der Waals surface area contributed by atoms with E-state index < -0.39 is 0 Å². The van der Waals surface area contributed by atoms with Crippen LogP contribution in [0.1, 0.15) is 43.7 Å². The number of hydrogen-bond donors (Lipinski definition) is 1. The highest BCUT2D eigenvalue weighted by molar-refractivity contribution is 5.66. The summed E-state index contributed by atoms with van der Waals surface area (Å²) in [5, 5.41) is 0. The minimum atomic E-state index is 0.0384. The van der Waals surface area contributed by atoms with E-state index in [4.69, 9.17) is 5.73 Å². The number of hydrogen-bond acceptors (Lipinski definition) is 2. The molecule has 0 saturated heterocycles. The molecule has 2 heteroatoms. The van der Waals surface area contributed by atoms with E-state index in [1.54, 1.807) is 0 Å². The molecule has 0 heterocycles. The van der Waals surface area contributed by atoms with Crippen molar-refractivity contribution in [2.45, 2.75) is 38.0 Å². The molecule has 1 aliphatic rings. The summed E-state index contributed by atoms with van der Waals surface area (Å²) in [6.45, 7) is 4.45. The standard InChI is InChI=1S/C13H17NO/c1-13(2)6-5-9(8-15)11-7-10(14)3-4-12(11)13/h3-4,7-9H,5-6,14H2,1-2H3. The van der Waals surface area contributed by atoms with Gasteiger partial charge in [-0.05, 0) is 41.5 Å². The van der Waals surface area contributed by atoms with Gasteiger partial charge in [-0.25, -0.2) is 0 Å². The van der Waals surface area contributed by atoms with Crippen LogP contribution < -0.4 is 5.73 Å². The molecule has 0 bridgehead atoms. The third-order valence-electron chi connectivity index (χ3n) is 3.45. The first-order valence-electron chi connectivity index (χ1n) is 5.40. The lowest BCUT2D eigenvalue weighted by molar-refractivity contribution is -0.109. The van der Waals surface area contributed by atoms with Crippen LogP contribution in [0.4, 0.5) is 5.69 Å². The molecule has 80 valence electrons. The van der Waals surface area contributed by atoms with Crippen LogP contribution in [-0.4, -0.2) is 6.29 Å². The number of fused-ring (bicyclic) bond motifs is 1. The Balaban J connectivity index is 2.58. The molecule has 1 atom stereocenters. The fraction of sp³-hybridized carbons (Fsp3) is 0.462. The molecule has 0 saturated carbocycles. The normalized spacial score (nSPS) is 23.2.